The third-order valence-electron chi connectivity index (χ3n) is 3.20. The van der Waals surface area contributed by atoms with Crippen LogP contribution in [0.15, 0.2) is 23.3 Å². The number of H-pyrrole nitrogens is 2. The summed E-state index contributed by atoms with van der Waals surface area (Å²) < 4.78 is 0. The number of hydrogen-bond donors (Lipinski definition) is 3. The summed E-state index contributed by atoms with van der Waals surface area (Å²) in [7, 11) is 0. The van der Waals surface area contributed by atoms with E-state index < -0.39 is 0 Å². The lowest BCUT2D eigenvalue weighted by Gasteiger charge is -2.30. The second-order valence-corrected chi connectivity index (χ2v) is 4.71. The Morgan fingerprint density at radius 3 is 3.16 bits per heavy atom. The summed E-state index contributed by atoms with van der Waals surface area (Å²) in [5, 5.41) is 10.4. The summed E-state index contributed by atoms with van der Waals surface area (Å²) in [6, 6.07) is 1.89. The first-order valence-corrected chi connectivity index (χ1v) is 6.32. The molecule has 1 saturated heterocycles. The van der Waals surface area contributed by atoms with Crippen LogP contribution in [-0.2, 0) is 0 Å². The van der Waals surface area contributed by atoms with E-state index in [0.29, 0.717) is 23.4 Å². The van der Waals surface area contributed by atoms with Crippen molar-refractivity contribution in [3.8, 4) is 11.4 Å². The second-order valence-electron chi connectivity index (χ2n) is 4.71. The topological polar surface area (TPSA) is 89.7 Å². The summed E-state index contributed by atoms with van der Waals surface area (Å²) in [6.45, 7) is 4.77. The van der Waals surface area contributed by atoms with Crippen LogP contribution in [0.2, 0.25) is 0 Å². The van der Waals surface area contributed by atoms with Gasteiger partial charge in [0.25, 0.3) is 0 Å². The molecule has 1 aliphatic rings. The van der Waals surface area contributed by atoms with Crippen LogP contribution in [0.4, 0.5) is 5.95 Å². The molecular formula is C12H16N6O. The molecule has 7 nitrogen and oxygen atoms in total. The van der Waals surface area contributed by atoms with Crippen molar-refractivity contribution in [1.82, 2.24) is 25.5 Å². The van der Waals surface area contributed by atoms with Gasteiger partial charge in [0.05, 0.1) is 5.56 Å². The average Bonchev–Trinajstić information content (AvgIpc) is 2.89. The lowest BCUT2D eigenvalue weighted by molar-refractivity contribution is 0.480. The van der Waals surface area contributed by atoms with E-state index in [1.54, 1.807) is 12.4 Å². The lowest BCUT2D eigenvalue weighted by atomic mass is 10.2. The molecule has 100 valence electrons. The molecule has 0 bridgehead atoms. The summed E-state index contributed by atoms with van der Waals surface area (Å²) in [4.78, 5) is 21.1. The standard InChI is InChI=1S/C12H16N6O/c1-8-7-18(5-4-14-8)12-15-11(16-17-12)9-6-13-3-2-10(9)19/h2-3,6,8,14H,4-5,7H2,1H3,(H,13,19)(H,15,16,17)/t8-/m0/s1. The Kier molecular flexibility index (Phi) is 3.04. The van der Waals surface area contributed by atoms with Crippen molar-refractivity contribution in [2.45, 2.75) is 13.0 Å². The molecule has 1 atom stereocenters. The Bertz CT molecular complexity index is 618. The van der Waals surface area contributed by atoms with Crippen molar-refractivity contribution >= 4 is 5.95 Å². The van der Waals surface area contributed by atoms with Gasteiger partial charge in [0.15, 0.2) is 11.3 Å². The molecule has 3 heterocycles. The monoisotopic (exact) mass is 260 g/mol. The molecule has 2 aromatic heterocycles. The van der Waals surface area contributed by atoms with Crippen molar-refractivity contribution in [3.63, 3.8) is 0 Å². The summed E-state index contributed by atoms with van der Waals surface area (Å²) in [5.74, 6) is 1.15. The first-order valence-electron chi connectivity index (χ1n) is 6.32. The lowest BCUT2D eigenvalue weighted by Crippen LogP contribution is -2.49. The van der Waals surface area contributed by atoms with Gasteiger partial charge in [0, 0.05) is 44.1 Å². The van der Waals surface area contributed by atoms with Crippen LogP contribution >= 0.6 is 0 Å². The van der Waals surface area contributed by atoms with Crippen LogP contribution < -0.4 is 15.6 Å². The van der Waals surface area contributed by atoms with Crippen LogP contribution in [0.25, 0.3) is 11.4 Å². The molecule has 1 fully saturated rings. The van der Waals surface area contributed by atoms with Gasteiger partial charge < -0.3 is 15.2 Å². The Morgan fingerprint density at radius 2 is 2.37 bits per heavy atom. The number of aromatic nitrogens is 4. The van der Waals surface area contributed by atoms with Crippen LogP contribution in [-0.4, -0.2) is 45.8 Å². The fourth-order valence-electron chi connectivity index (χ4n) is 2.23. The molecule has 0 radical (unpaired) electrons. The van der Waals surface area contributed by atoms with Gasteiger partial charge in [-0.1, -0.05) is 0 Å². The Morgan fingerprint density at radius 1 is 1.47 bits per heavy atom. The van der Waals surface area contributed by atoms with Gasteiger partial charge in [-0.3, -0.25) is 9.89 Å². The fourth-order valence-corrected chi connectivity index (χ4v) is 2.23. The minimum atomic E-state index is -0.0740. The molecular weight excluding hydrogens is 244 g/mol. The van der Waals surface area contributed by atoms with E-state index in [2.05, 4.69) is 37.3 Å². The summed E-state index contributed by atoms with van der Waals surface area (Å²) >= 11 is 0. The number of pyridine rings is 1. The highest BCUT2D eigenvalue weighted by Crippen LogP contribution is 2.14. The van der Waals surface area contributed by atoms with Crippen LogP contribution in [0.5, 0.6) is 0 Å². The maximum atomic E-state index is 11.7. The highest BCUT2D eigenvalue weighted by Gasteiger charge is 2.19. The molecule has 0 saturated carbocycles. The maximum Gasteiger partial charge on any atom is 0.245 e. The molecule has 3 N–H and O–H groups in total. The molecule has 19 heavy (non-hydrogen) atoms. The number of aromatic amines is 2. The normalized spacial score (nSPS) is 19.6. The molecule has 0 unspecified atom stereocenters. The molecule has 0 aliphatic carbocycles. The first-order chi connectivity index (χ1) is 9.24. The largest absolute Gasteiger partial charge is 0.367 e. The zero-order valence-electron chi connectivity index (χ0n) is 10.7. The minimum absolute atomic E-state index is 0.0740. The molecule has 1 aliphatic heterocycles. The summed E-state index contributed by atoms with van der Waals surface area (Å²) in [6.07, 6.45) is 3.23. The van der Waals surface area contributed by atoms with Crippen molar-refractivity contribution in [1.29, 1.82) is 0 Å². The Hall–Kier alpha value is -2.15. The fraction of sp³-hybridized carbons (Fsp3) is 0.417. The molecule has 0 aromatic carbocycles. The highest BCUT2D eigenvalue weighted by molar-refractivity contribution is 5.54. The van der Waals surface area contributed by atoms with Gasteiger partial charge in [0.2, 0.25) is 5.95 Å². The quantitative estimate of drug-likeness (QED) is 0.705. The van der Waals surface area contributed by atoms with E-state index in [-0.39, 0.29) is 5.43 Å². The van der Waals surface area contributed by atoms with Crippen LogP contribution in [0.3, 0.4) is 0 Å². The van der Waals surface area contributed by atoms with E-state index in [0.717, 1.165) is 19.6 Å². The maximum absolute atomic E-state index is 11.7. The third-order valence-corrected chi connectivity index (χ3v) is 3.20. The number of nitrogens with zero attached hydrogens (tertiary/aromatic N) is 3. The minimum Gasteiger partial charge on any atom is -0.367 e. The number of piperazine rings is 1. The number of nitrogens with one attached hydrogen (secondary N) is 3. The highest BCUT2D eigenvalue weighted by atomic mass is 16.1. The second kappa shape index (κ2) is 4.85. The average molecular weight is 260 g/mol. The van der Waals surface area contributed by atoms with Crippen molar-refractivity contribution in [3.05, 3.63) is 28.7 Å². The van der Waals surface area contributed by atoms with E-state index in [4.69, 9.17) is 0 Å². The molecule has 0 amide bonds. The van der Waals surface area contributed by atoms with E-state index in [9.17, 15) is 4.79 Å². The number of anilines is 1. The van der Waals surface area contributed by atoms with Crippen molar-refractivity contribution in [2.24, 2.45) is 0 Å². The molecule has 0 spiro atoms. The Labute approximate surface area is 110 Å². The van der Waals surface area contributed by atoms with Crippen molar-refractivity contribution < 1.29 is 0 Å². The number of hydrogen-bond acceptors (Lipinski definition) is 5. The van der Waals surface area contributed by atoms with E-state index >= 15 is 0 Å². The van der Waals surface area contributed by atoms with Crippen molar-refractivity contribution in [2.75, 3.05) is 24.5 Å². The van der Waals surface area contributed by atoms with Gasteiger partial charge >= 0.3 is 0 Å². The Balaban J connectivity index is 1.87. The summed E-state index contributed by atoms with van der Waals surface area (Å²) in [5.41, 5.74) is 0.430. The van der Waals surface area contributed by atoms with Gasteiger partial charge in [0.1, 0.15) is 0 Å². The first kappa shape index (κ1) is 11.9. The molecule has 7 heteroatoms. The van der Waals surface area contributed by atoms with Crippen LogP contribution in [0, 0.1) is 0 Å². The van der Waals surface area contributed by atoms with Gasteiger partial charge in [-0.2, -0.15) is 4.98 Å². The number of rotatable bonds is 2. The molecule has 2 aromatic rings. The molecule has 3 rings (SSSR count). The predicted octanol–water partition coefficient (Wildman–Crippen LogP) is -0.0419. The third kappa shape index (κ3) is 2.37. The predicted molar refractivity (Wildman–Crippen MR) is 72.1 cm³/mol. The van der Waals surface area contributed by atoms with E-state index in [1.165, 1.54) is 6.07 Å². The van der Waals surface area contributed by atoms with Gasteiger partial charge in [-0.15, -0.1) is 5.10 Å². The van der Waals surface area contributed by atoms with Crippen LogP contribution in [0.1, 0.15) is 6.92 Å². The SMILES string of the molecule is C[C@H]1CN(c2n[nH]c(-c3c[nH]ccc3=O)n2)CCN1. The smallest absolute Gasteiger partial charge is 0.245 e. The van der Waals surface area contributed by atoms with Gasteiger partial charge in [-0.05, 0) is 6.92 Å². The zero-order chi connectivity index (χ0) is 13.2. The van der Waals surface area contributed by atoms with Gasteiger partial charge in [-0.25, -0.2) is 0 Å². The zero-order valence-corrected chi connectivity index (χ0v) is 10.7. The van der Waals surface area contributed by atoms with E-state index in [1.807, 2.05) is 0 Å².